The van der Waals surface area contributed by atoms with Crippen LogP contribution in [-0.2, 0) is 6.54 Å². The average Bonchev–Trinajstić information content (AvgIpc) is 2.76. The molecular formula is C12H21N3O2. The molecule has 2 rings (SSSR count). The van der Waals surface area contributed by atoms with Crippen LogP contribution in [0.2, 0.25) is 0 Å². The third-order valence-corrected chi connectivity index (χ3v) is 3.93. The van der Waals surface area contributed by atoms with Crippen LogP contribution in [0, 0.1) is 12.3 Å². The molecule has 1 aromatic rings. The minimum atomic E-state index is 0.140. The Kier molecular flexibility index (Phi) is 3.79. The standard InChI is InChI=1S/C12H21N3O2/c1-3-12(9-16)4-6-15(7-5-12)8-11-14-13-10(2)17-11/h16H,3-9H2,1-2H3. The number of piperidine rings is 1. The smallest absolute Gasteiger partial charge is 0.230 e. The lowest BCUT2D eigenvalue weighted by atomic mass is 9.77. The molecule has 0 unspecified atom stereocenters. The number of rotatable bonds is 4. The topological polar surface area (TPSA) is 62.4 Å². The molecule has 96 valence electrons. The van der Waals surface area contributed by atoms with Gasteiger partial charge in [-0.15, -0.1) is 10.2 Å². The molecule has 5 nitrogen and oxygen atoms in total. The van der Waals surface area contributed by atoms with E-state index in [4.69, 9.17) is 4.42 Å². The summed E-state index contributed by atoms with van der Waals surface area (Å²) in [5.41, 5.74) is 0.140. The van der Waals surface area contributed by atoms with E-state index in [1.54, 1.807) is 6.92 Å². The van der Waals surface area contributed by atoms with Crippen LogP contribution in [0.5, 0.6) is 0 Å². The second kappa shape index (κ2) is 5.14. The number of aryl methyl sites for hydroxylation is 1. The molecule has 17 heavy (non-hydrogen) atoms. The summed E-state index contributed by atoms with van der Waals surface area (Å²) in [7, 11) is 0. The van der Waals surface area contributed by atoms with Gasteiger partial charge in [0.1, 0.15) is 0 Å². The maximum absolute atomic E-state index is 9.46. The van der Waals surface area contributed by atoms with Crippen LogP contribution in [0.15, 0.2) is 4.42 Å². The predicted molar refractivity (Wildman–Crippen MR) is 63.4 cm³/mol. The zero-order valence-corrected chi connectivity index (χ0v) is 10.6. The first kappa shape index (κ1) is 12.5. The monoisotopic (exact) mass is 239 g/mol. The van der Waals surface area contributed by atoms with Crippen molar-refractivity contribution in [1.29, 1.82) is 0 Å². The Morgan fingerprint density at radius 3 is 2.53 bits per heavy atom. The fourth-order valence-corrected chi connectivity index (χ4v) is 2.40. The average molecular weight is 239 g/mol. The molecule has 0 radical (unpaired) electrons. The molecule has 0 aromatic carbocycles. The molecule has 0 amide bonds. The number of nitrogens with zero attached hydrogens (tertiary/aromatic N) is 3. The van der Waals surface area contributed by atoms with Crippen molar-refractivity contribution in [1.82, 2.24) is 15.1 Å². The molecule has 1 fully saturated rings. The van der Waals surface area contributed by atoms with E-state index in [9.17, 15) is 5.11 Å². The van der Waals surface area contributed by atoms with Gasteiger partial charge in [0.2, 0.25) is 11.8 Å². The maximum Gasteiger partial charge on any atom is 0.230 e. The highest BCUT2D eigenvalue weighted by atomic mass is 16.4. The first-order chi connectivity index (χ1) is 8.17. The van der Waals surface area contributed by atoms with Crippen LogP contribution in [0.25, 0.3) is 0 Å². The van der Waals surface area contributed by atoms with Gasteiger partial charge in [-0.05, 0) is 37.8 Å². The third kappa shape index (κ3) is 2.84. The van der Waals surface area contributed by atoms with Crippen molar-refractivity contribution in [2.24, 2.45) is 5.41 Å². The van der Waals surface area contributed by atoms with E-state index >= 15 is 0 Å². The highest BCUT2D eigenvalue weighted by Gasteiger charge is 2.32. The summed E-state index contributed by atoms with van der Waals surface area (Å²) in [6.07, 6.45) is 3.15. The molecule has 2 heterocycles. The van der Waals surface area contributed by atoms with Gasteiger partial charge in [-0.1, -0.05) is 6.92 Å². The number of aromatic nitrogens is 2. The van der Waals surface area contributed by atoms with Crippen LogP contribution in [0.4, 0.5) is 0 Å². The van der Waals surface area contributed by atoms with Gasteiger partial charge in [0.05, 0.1) is 6.54 Å². The van der Waals surface area contributed by atoms with E-state index in [0.29, 0.717) is 18.4 Å². The SMILES string of the molecule is CCC1(CO)CCN(Cc2nnc(C)o2)CC1. The predicted octanol–water partition coefficient (Wildman–Crippen LogP) is 1.36. The second-order valence-electron chi connectivity index (χ2n) is 5.00. The molecule has 0 atom stereocenters. The molecule has 0 aliphatic carbocycles. The third-order valence-electron chi connectivity index (χ3n) is 3.93. The van der Waals surface area contributed by atoms with Crippen molar-refractivity contribution in [2.45, 2.75) is 39.7 Å². The lowest BCUT2D eigenvalue weighted by molar-refractivity contribution is 0.0353. The number of hydrogen-bond acceptors (Lipinski definition) is 5. The molecular weight excluding hydrogens is 218 g/mol. The fraction of sp³-hybridized carbons (Fsp3) is 0.833. The van der Waals surface area contributed by atoms with E-state index in [1.807, 2.05) is 0 Å². The highest BCUT2D eigenvalue weighted by molar-refractivity contribution is 4.87. The lowest BCUT2D eigenvalue weighted by Gasteiger charge is -2.39. The number of likely N-dealkylation sites (tertiary alicyclic amines) is 1. The van der Waals surface area contributed by atoms with Crippen LogP contribution in [-0.4, -0.2) is 39.9 Å². The molecule has 1 N–H and O–H groups in total. The van der Waals surface area contributed by atoms with Gasteiger partial charge >= 0.3 is 0 Å². The lowest BCUT2D eigenvalue weighted by Crippen LogP contribution is -2.41. The first-order valence-corrected chi connectivity index (χ1v) is 6.30. The molecule has 5 heteroatoms. The normalized spacial score (nSPS) is 20.6. The summed E-state index contributed by atoms with van der Waals surface area (Å²) in [6, 6.07) is 0. The fourth-order valence-electron chi connectivity index (χ4n) is 2.40. The van der Waals surface area contributed by atoms with Crippen molar-refractivity contribution in [2.75, 3.05) is 19.7 Å². The quantitative estimate of drug-likeness (QED) is 0.859. The minimum Gasteiger partial charge on any atom is -0.424 e. The van der Waals surface area contributed by atoms with Gasteiger partial charge in [0.15, 0.2) is 0 Å². The zero-order valence-electron chi connectivity index (χ0n) is 10.6. The zero-order chi connectivity index (χ0) is 12.3. The van der Waals surface area contributed by atoms with Crippen molar-refractivity contribution in [3.05, 3.63) is 11.8 Å². The van der Waals surface area contributed by atoms with Gasteiger partial charge < -0.3 is 9.52 Å². The summed E-state index contributed by atoms with van der Waals surface area (Å²) in [5.74, 6) is 1.31. The largest absolute Gasteiger partial charge is 0.424 e. The van der Waals surface area contributed by atoms with E-state index in [1.165, 1.54) is 0 Å². The Hall–Kier alpha value is -0.940. The molecule has 0 saturated carbocycles. The Labute approximate surface area is 102 Å². The highest BCUT2D eigenvalue weighted by Crippen LogP contribution is 2.34. The molecule has 0 bridgehead atoms. The summed E-state index contributed by atoms with van der Waals surface area (Å²) < 4.78 is 5.38. The second-order valence-corrected chi connectivity index (χ2v) is 5.00. The summed E-state index contributed by atoms with van der Waals surface area (Å²) in [4.78, 5) is 2.32. The Balaban J connectivity index is 1.87. The summed E-state index contributed by atoms with van der Waals surface area (Å²) >= 11 is 0. The summed E-state index contributed by atoms with van der Waals surface area (Å²) in [5, 5.41) is 17.3. The van der Waals surface area contributed by atoms with Crippen molar-refractivity contribution < 1.29 is 9.52 Å². The number of aliphatic hydroxyl groups is 1. The van der Waals surface area contributed by atoms with Crippen LogP contribution >= 0.6 is 0 Å². The van der Waals surface area contributed by atoms with E-state index in [0.717, 1.165) is 38.9 Å². The summed E-state index contributed by atoms with van der Waals surface area (Å²) in [6.45, 7) is 6.99. The molecule has 1 aliphatic heterocycles. The van der Waals surface area contributed by atoms with Crippen LogP contribution in [0.3, 0.4) is 0 Å². The maximum atomic E-state index is 9.46. The van der Waals surface area contributed by atoms with E-state index in [-0.39, 0.29) is 5.41 Å². The first-order valence-electron chi connectivity index (χ1n) is 6.30. The van der Waals surface area contributed by atoms with Gasteiger partial charge in [0, 0.05) is 13.5 Å². The molecule has 1 aliphatic rings. The van der Waals surface area contributed by atoms with Gasteiger partial charge in [0.25, 0.3) is 0 Å². The van der Waals surface area contributed by atoms with Crippen LogP contribution < -0.4 is 0 Å². The van der Waals surface area contributed by atoms with E-state index < -0.39 is 0 Å². The van der Waals surface area contributed by atoms with Crippen LogP contribution in [0.1, 0.15) is 38.0 Å². The number of aliphatic hydroxyl groups excluding tert-OH is 1. The Bertz CT molecular complexity index is 350. The minimum absolute atomic E-state index is 0.140. The number of hydrogen-bond donors (Lipinski definition) is 1. The molecule has 0 spiro atoms. The van der Waals surface area contributed by atoms with Gasteiger partial charge in [-0.2, -0.15) is 0 Å². The Morgan fingerprint density at radius 1 is 1.35 bits per heavy atom. The van der Waals surface area contributed by atoms with E-state index in [2.05, 4.69) is 22.0 Å². The molecule has 1 saturated heterocycles. The van der Waals surface area contributed by atoms with Crippen molar-refractivity contribution >= 4 is 0 Å². The molecule has 1 aromatic heterocycles. The van der Waals surface area contributed by atoms with Crippen molar-refractivity contribution in [3.63, 3.8) is 0 Å². The Morgan fingerprint density at radius 2 is 2.06 bits per heavy atom. The van der Waals surface area contributed by atoms with Crippen molar-refractivity contribution in [3.8, 4) is 0 Å². The van der Waals surface area contributed by atoms with Gasteiger partial charge in [-0.3, -0.25) is 4.90 Å². The van der Waals surface area contributed by atoms with Gasteiger partial charge in [-0.25, -0.2) is 0 Å².